The lowest BCUT2D eigenvalue weighted by atomic mass is 10.1. The summed E-state index contributed by atoms with van der Waals surface area (Å²) in [6, 6.07) is 0.553. The van der Waals surface area contributed by atoms with Gasteiger partial charge in [-0.3, -0.25) is 14.1 Å². The second kappa shape index (κ2) is 10.9. The average molecular weight is 448 g/mol. The summed E-state index contributed by atoms with van der Waals surface area (Å²) in [6.45, 7) is 3.89. The Labute approximate surface area is 172 Å². The number of carbonyl (C=O) groups excluding carboxylic acids is 2. The van der Waals surface area contributed by atoms with Crippen molar-refractivity contribution in [3.05, 3.63) is 23.8 Å². The van der Waals surface area contributed by atoms with Gasteiger partial charge in [0.25, 0.3) is 0 Å². The van der Waals surface area contributed by atoms with E-state index in [0.29, 0.717) is 0 Å². The van der Waals surface area contributed by atoms with Crippen LogP contribution in [0.25, 0.3) is 0 Å². The van der Waals surface area contributed by atoms with Gasteiger partial charge in [0.05, 0.1) is 12.7 Å². The van der Waals surface area contributed by atoms with Gasteiger partial charge in [-0.15, -0.1) is 0 Å². The highest BCUT2D eigenvalue weighted by Gasteiger charge is 2.36. The Morgan fingerprint density at radius 2 is 1.83 bits per heavy atom. The third-order valence-corrected chi connectivity index (χ3v) is 5.03. The molecule has 1 rings (SSSR count). The molecule has 12 nitrogen and oxygen atoms in total. The number of hydrogen-bond acceptors (Lipinski definition) is 8. The first-order valence-electron chi connectivity index (χ1n) is 8.82. The molecule has 0 aromatic heterocycles. The second-order valence-electron chi connectivity index (χ2n) is 6.31. The predicted molar refractivity (Wildman–Crippen MR) is 103 cm³/mol. The normalized spacial score (nSPS) is 16.0. The lowest BCUT2D eigenvalue weighted by Gasteiger charge is -2.26. The summed E-state index contributed by atoms with van der Waals surface area (Å²) in [5.74, 6) is -3.89. The van der Waals surface area contributed by atoms with Crippen LogP contribution in [0.15, 0.2) is 18.2 Å². The molecule has 0 aliphatic heterocycles. The molecule has 0 aliphatic carbocycles. The number of aliphatic carboxylic acids is 1. The van der Waals surface area contributed by atoms with Gasteiger partial charge in [0.15, 0.2) is 17.5 Å². The average Bonchev–Trinajstić information content (AvgIpc) is 2.61. The van der Waals surface area contributed by atoms with Gasteiger partial charge in [-0.2, -0.15) is 0 Å². The third kappa shape index (κ3) is 7.99. The van der Waals surface area contributed by atoms with E-state index in [2.05, 4.69) is 5.32 Å². The van der Waals surface area contributed by atoms with Crippen LogP contribution >= 0.6 is 7.75 Å². The number of hydrogen-bond donors (Lipinski definition) is 6. The van der Waals surface area contributed by atoms with Gasteiger partial charge in [0.2, 0.25) is 5.91 Å². The summed E-state index contributed by atoms with van der Waals surface area (Å²) >= 11 is 0. The number of nitrogens with one attached hydrogen (secondary N) is 2. The lowest BCUT2D eigenvalue weighted by Crippen LogP contribution is -2.49. The van der Waals surface area contributed by atoms with Gasteiger partial charge < -0.3 is 30.3 Å². The van der Waals surface area contributed by atoms with Crippen molar-refractivity contribution in [2.75, 3.05) is 6.61 Å². The molecule has 0 fully saturated rings. The van der Waals surface area contributed by atoms with Crippen molar-refractivity contribution in [2.24, 2.45) is 0 Å². The molecule has 0 heterocycles. The van der Waals surface area contributed by atoms with Crippen LogP contribution in [-0.4, -0.2) is 62.9 Å². The van der Waals surface area contributed by atoms with Gasteiger partial charge in [0.1, 0.15) is 6.04 Å². The number of rotatable bonds is 11. The monoisotopic (exact) mass is 448 g/mol. The van der Waals surface area contributed by atoms with E-state index in [0.717, 1.165) is 19.1 Å². The number of carboxylic acid groups (broad SMARTS) is 1. The first-order valence-corrected chi connectivity index (χ1v) is 10.4. The zero-order valence-corrected chi connectivity index (χ0v) is 17.5. The summed E-state index contributed by atoms with van der Waals surface area (Å²) in [5.41, 5.74) is 0.251. The van der Waals surface area contributed by atoms with Crippen LogP contribution in [0.1, 0.15) is 26.3 Å². The van der Waals surface area contributed by atoms with Gasteiger partial charge in [-0.1, -0.05) is 6.07 Å². The molecule has 13 heteroatoms. The molecule has 0 saturated carbocycles. The Bertz CT molecular complexity index is 831. The number of carbonyl (C=O) groups is 3. The van der Waals surface area contributed by atoms with E-state index in [9.17, 15) is 39.2 Å². The molecule has 0 spiro atoms. The largest absolute Gasteiger partial charge is 0.504 e. The van der Waals surface area contributed by atoms with E-state index in [1.54, 1.807) is 0 Å². The summed E-state index contributed by atoms with van der Waals surface area (Å²) < 4.78 is 22.2. The summed E-state index contributed by atoms with van der Waals surface area (Å²) in [7, 11) is -4.77. The first kappa shape index (κ1) is 25.4. The quantitative estimate of drug-likeness (QED) is 0.154. The molecule has 1 aromatic rings. The number of ether oxygens (including phenoxy) is 1. The Balaban J connectivity index is 2.93. The molecule has 30 heavy (non-hydrogen) atoms. The maximum atomic E-state index is 12.4. The molecule has 0 aliphatic rings. The molecule has 4 atom stereocenters. The first-order chi connectivity index (χ1) is 13.9. The zero-order chi connectivity index (χ0) is 23.1. The maximum Gasteiger partial charge on any atom is 0.404 e. The van der Waals surface area contributed by atoms with Crippen LogP contribution in [0.2, 0.25) is 0 Å². The standard InChI is InChI=1S/C17H25N2O10P/c1-4-28-17(25)15(18-10(3)20)9(2)29-30(26,27)19-12(16(23)24)7-11-5-6-13(21)14(22)8-11/h5-6,8-9,12,15,21-22H,4,7H2,1-3H3,(H,18,20)(H,23,24)(H2,19,26,27)/t9-,12+,15+/m1/s1. The Kier molecular flexibility index (Phi) is 9.24. The molecule has 6 N–H and O–H groups in total. The Hall–Kier alpha value is -2.66. The van der Waals surface area contributed by atoms with Crippen molar-refractivity contribution in [3.8, 4) is 11.5 Å². The number of esters is 1. The number of benzene rings is 1. The number of amides is 1. The van der Waals surface area contributed by atoms with Crippen LogP contribution in [0.4, 0.5) is 0 Å². The minimum absolute atomic E-state index is 0.00274. The fourth-order valence-electron chi connectivity index (χ4n) is 2.45. The number of phenolic OH excluding ortho intramolecular Hbond substituents is 2. The van der Waals surface area contributed by atoms with Crippen LogP contribution < -0.4 is 10.4 Å². The molecular weight excluding hydrogens is 423 g/mol. The SMILES string of the molecule is CCOC(=O)[C@@H](NC(C)=O)[C@@H](C)OP(=O)(O)N[C@@H](Cc1ccc(O)c(O)c1)C(=O)O. The smallest absolute Gasteiger partial charge is 0.404 e. The molecule has 0 radical (unpaired) electrons. The molecule has 1 amide bonds. The fourth-order valence-corrected chi connectivity index (χ4v) is 3.68. The highest BCUT2D eigenvalue weighted by atomic mass is 31.2. The maximum absolute atomic E-state index is 12.4. The molecular formula is C17H25N2O10P. The molecule has 1 aromatic carbocycles. The van der Waals surface area contributed by atoms with Gasteiger partial charge >= 0.3 is 19.7 Å². The van der Waals surface area contributed by atoms with E-state index >= 15 is 0 Å². The van der Waals surface area contributed by atoms with E-state index in [1.165, 1.54) is 19.9 Å². The third-order valence-electron chi connectivity index (χ3n) is 3.77. The minimum atomic E-state index is -4.77. The lowest BCUT2D eigenvalue weighted by molar-refractivity contribution is -0.150. The predicted octanol–water partition coefficient (Wildman–Crippen LogP) is 0.256. The summed E-state index contributed by atoms with van der Waals surface area (Å²) in [4.78, 5) is 44.9. The molecule has 0 saturated heterocycles. The van der Waals surface area contributed by atoms with E-state index in [4.69, 9.17) is 9.26 Å². The van der Waals surface area contributed by atoms with Crippen molar-refractivity contribution in [1.29, 1.82) is 0 Å². The minimum Gasteiger partial charge on any atom is -0.504 e. The molecule has 168 valence electrons. The molecule has 1 unspecified atom stereocenters. The summed E-state index contributed by atoms with van der Waals surface area (Å²) in [5, 5.41) is 32.4. The van der Waals surface area contributed by atoms with Crippen molar-refractivity contribution < 1.29 is 48.4 Å². The zero-order valence-electron chi connectivity index (χ0n) is 16.6. The van der Waals surface area contributed by atoms with Crippen LogP contribution in [-0.2, 0) is 34.6 Å². The summed E-state index contributed by atoms with van der Waals surface area (Å²) in [6.07, 6.45) is -1.68. The van der Waals surface area contributed by atoms with E-state index in [-0.39, 0.29) is 18.6 Å². The van der Waals surface area contributed by atoms with Crippen molar-refractivity contribution in [3.63, 3.8) is 0 Å². The number of aromatic hydroxyl groups is 2. The van der Waals surface area contributed by atoms with Crippen molar-refractivity contribution in [1.82, 2.24) is 10.4 Å². The van der Waals surface area contributed by atoms with Crippen LogP contribution in [0.5, 0.6) is 11.5 Å². The van der Waals surface area contributed by atoms with Gasteiger partial charge in [-0.25, -0.2) is 14.4 Å². The van der Waals surface area contributed by atoms with E-state index in [1.807, 2.05) is 5.09 Å². The second-order valence-corrected chi connectivity index (χ2v) is 7.82. The number of phenols is 2. The highest BCUT2D eigenvalue weighted by Crippen LogP contribution is 2.40. The van der Waals surface area contributed by atoms with Crippen molar-refractivity contribution >= 4 is 25.6 Å². The fraction of sp³-hybridized carbons (Fsp3) is 0.471. The Morgan fingerprint density at radius 3 is 2.33 bits per heavy atom. The highest BCUT2D eigenvalue weighted by molar-refractivity contribution is 7.50. The van der Waals surface area contributed by atoms with Gasteiger partial charge in [-0.05, 0) is 38.0 Å². The topological polar surface area (TPSA) is 192 Å². The van der Waals surface area contributed by atoms with Gasteiger partial charge in [0, 0.05) is 6.92 Å². The van der Waals surface area contributed by atoms with Crippen molar-refractivity contribution in [2.45, 2.75) is 45.4 Å². The molecule has 0 bridgehead atoms. The number of carboxylic acids is 1. The van der Waals surface area contributed by atoms with Crippen LogP contribution in [0.3, 0.4) is 0 Å². The van der Waals surface area contributed by atoms with E-state index < -0.39 is 55.3 Å². The Morgan fingerprint density at radius 1 is 1.20 bits per heavy atom. The van der Waals surface area contributed by atoms with Crippen LogP contribution in [0, 0.1) is 0 Å².